The lowest BCUT2D eigenvalue weighted by Gasteiger charge is -2.05. The van der Waals surface area contributed by atoms with Gasteiger partial charge in [0.1, 0.15) is 0 Å². The normalized spacial score (nSPS) is 10.4. The zero-order valence-electron chi connectivity index (χ0n) is 12.0. The Morgan fingerprint density at radius 1 is 1.00 bits per heavy atom. The zero-order valence-corrected chi connectivity index (χ0v) is 12.0. The number of nitrogens with one attached hydrogen (secondary N) is 1. The highest BCUT2D eigenvalue weighted by Gasteiger charge is 2.03. The predicted molar refractivity (Wildman–Crippen MR) is 81.2 cm³/mol. The lowest BCUT2D eigenvalue weighted by molar-refractivity contribution is 0.0953. The molecule has 0 fully saturated rings. The number of carbonyl (C=O) groups is 1. The van der Waals surface area contributed by atoms with Crippen LogP contribution in [0.2, 0.25) is 0 Å². The Bertz CT molecular complexity index is 360. The van der Waals surface area contributed by atoms with Gasteiger partial charge in [0.25, 0.3) is 5.91 Å². The van der Waals surface area contributed by atoms with Crippen LogP contribution in [0.25, 0.3) is 0 Å². The van der Waals surface area contributed by atoms with Crippen molar-refractivity contribution in [1.82, 2.24) is 5.32 Å². The van der Waals surface area contributed by atoms with Crippen molar-refractivity contribution in [3.8, 4) is 0 Å². The lowest BCUT2D eigenvalue weighted by Crippen LogP contribution is -2.24. The molecular formula is C16H26N2O. The van der Waals surface area contributed by atoms with Crippen molar-refractivity contribution in [3.63, 3.8) is 0 Å². The van der Waals surface area contributed by atoms with E-state index >= 15 is 0 Å². The van der Waals surface area contributed by atoms with Crippen LogP contribution < -0.4 is 11.1 Å². The topological polar surface area (TPSA) is 55.1 Å². The minimum atomic E-state index is -0.00835. The molecule has 0 unspecified atom stereocenters. The van der Waals surface area contributed by atoms with Crippen LogP contribution in [0.3, 0.4) is 0 Å². The fourth-order valence-corrected chi connectivity index (χ4v) is 2.02. The monoisotopic (exact) mass is 262 g/mol. The molecule has 0 aliphatic rings. The van der Waals surface area contributed by atoms with Crippen molar-refractivity contribution >= 4 is 11.6 Å². The highest BCUT2D eigenvalue weighted by atomic mass is 16.1. The number of benzene rings is 1. The molecule has 106 valence electrons. The van der Waals surface area contributed by atoms with Crippen LogP contribution in [0.5, 0.6) is 0 Å². The van der Waals surface area contributed by atoms with Crippen LogP contribution in [-0.4, -0.2) is 12.5 Å². The summed E-state index contributed by atoms with van der Waals surface area (Å²) in [5, 5.41) is 2.94. The smallest absolute Gasteiger partial charge is 0.251 e. The molecule has 3 nitrogen and oxygen atoms in total. The van der Waals surface area contributed by atoms with Crippen molar-refractivity contribution in [2.24, 2.45) is 0 Å². The predicted octanol–water partition coefficient (Wildman–Crippen LogP) is 3.75. The first-order valence-electron chi connectivity index (χ1n) is 7.37. The minimum Gasteiger partial charge on any atom is -0.399 e. The van der Waals surface area contributed by atoms with Gasteiger partial charge >= 0.3 is 0 Å². The maximum Gasteiger partial charge on any atom is 0.251 e. The maximum atomic E-state index is 11.8. The molecule has 0 spiro atoms. The number of carbonyl (C=O) groups excluding carboxylic acids is 1. The quantitative estimate of drug-likeness (QED) is 0.526. The summed E-state index contributed by atoms with van der Waals surface area (Å²) in [7, 11) is 0. The van der Waals surface area contributed by atoms with E-state index in [4.69, 9.17) is 5.73 Å². The zero-order chi connectivity index (χ0) is 13.9. The van der Waals surface area contributed by atoms with E-state index in [0.717, 1.165) is 13.0 Å². The Labute approximate surface area is 116 Å². The van der Waals surface area contributed by atoms with Crippen molar-refractivity contribution in [2.45, 2.75) is 51.9 Å². The molecule has 1 rings (SSSR count). The Kier molecular flexibility index (Phi) is 7.71. The molecule has 0 heterocycles. The maximum absolute atomic E-state index is 11.8. The van der Waals surface area contributed by atoms with Gasteiger partial charge in [-0.15, -0.1) is 0 Å². The highest BCUT2D eigenvalue weighted by Crippen LogP contribution is 2.07. The molecule has 0 aliphatic carbocycles. The van der Waals surface area contributed by atoms with E-state index in [1.54, 1.807) is 24.3 Å². The molecule has 1 aromatic carbocycles. The Morgan fingerprint density at radius 3 is 2.21 bits per heavy atom. The van der Waals surface area contributed by atoms with Crippen LogP contribution in [0.1, 0.15) is 62.2 Å². The fourth-order valence-electron chi connectivity index (χ4n) is 2.02. The number of unbranched alkanes of at least 4 members (excludes halogenated alkanes) is 6. The molecule has 0 bridgehead atoms. The molecule has 0 aliphatic heterocycles. The second-order valence-corrected chi connectivity index (χ2v) is 5.00. The summed E-state index contributed by atoms with van der Waals surface area (Å²) < 4.78 is 0. The van der Waals surface area contributed by atoms with E-state index in [1.807, 2.05) is 0 Å². The van der Waals surface area contributed by atoms with Crippen molar-refractivity contribution in [1.29, 1.82) is 0 Å². The molecule has 1 aromatic rings. The number of amides is 1. The first-order valence-corrected chi connectivity index (χ1v) is 7.37. The Hall–Kier alpha value is -1.51. The number of rotatable bonds is 9. The van der Waals surface area contributed by atoms with Gasteiger partial charge in [-0.3, -0.25) is 4.79 Å². The third-order valence-corrected chi connectivity index (χ3v) is 3.24. The van der Waals surface area contributed by atoms with Crippen LogP contribution in [0, 0.1) is 0 Å². The summed E-state index contributed by atoms with van der Waals surface area (Å²) in [6, 6.07) is 7.02. The second-order valence-electron chi connectivity index (χ2n) is 5.00. The summed E-state index contributed by atoms with van der Waals surface area (Å²) in [4.78, 5) is 11.8. The van der Waals surface area contributed by atoms with Crippen LogP contribution >= 0.6 is 0 Å². The van der Waals surface area contributed by atoms with Gasteiger partial charge in [0, 0.05) is 17.8 Å². The van der Waals surface area contributed by atoms with Gasteiger partial charge in [-0.1, -0.05) is 45.4 Å². The fraction of sp³-hybridized carbons (Fsp3) is 0.562. The van der Waals surface area contributed by atoms with E-state index in [0.29, 0.717) is 11.3 Å². The van der Waals surface area contributed by atoms with Crippen LogP contribution in [-0.2, 0) is 0 Å². The summed E-state index contributed by atoms with van der Waals surface area (Å²) >= 11 is 0. The third kappa shape index (κ3) is 6.85. The van der Waals surface area contributed by atoms with E-state index in [2.05, 4.69) is 12.2 Å². The summed E-state index contributed by atoms with van der Waals surface area (Å²) in [6.45, 7) is 2.99. The number of nitrogen functional groups attached to an aromatic ring is 1. The number of hydrogen-bond donors (Lipinski definition) is 2. The third-order valence-electron chi connectivity index (χ3n) is 3.24. The molecule has 0 radical (unpaired) electrons. The highest BCUT2D eigenvalue weighted by molar-refractivity contribution is 5.94. The number of nitrogens with two attached hydrogens (primary N) is 1. The minimum absolute atomic E-state index is 0.00835. The van der Waals surface area contributed by atoms with Gasteiger partial charge in [-0.2, -0.15) is 0 Å². The summed E-state index contributed by atoms with van der Waals surface area (Å²) in [6.07, 6.45) is 8.83. The molecule has 0 aromatic heterocycles. The number of hydrogen-bond acceptors (Lipinski definition) is 2. The summed E-state index contributed by atoms with van der Waals surface area (Å²) in [5.41, 5.74) is 6.95. The average molecular weight is 262 g/mol. The molecule has 1 amide bonds. The van der Waals surface area contributed by atoms with E-state index in [-0.39, 0.29) is 5.91 Å². The largest absolute Gasteiger partial charge is 0.399 e. The molecule has 0 saturated heterocycles. The van der Waals surface area contributed by atoms with Gasteiger partial charge in [0.2, 0.25) is 0 Å². The van der Waals surface area contributed by atoms with Gasteiger partial charge in [0.15, 0.2) is 0 Å². The van der Waals surface area contributed by atoms with Gasteiger partial charge in [0.05, 0.1) is 0 Å². The molecule has 19 heavy (non-hydrogen) atoms. The first kappa shape index (κ1) is 15.5. The molecule has 0 atom stereocenters. The average Bonchev–Trinajstić information content (AvgIpc) is 2.42. The van der Waals surface area contributed by atoms with Gasteiger partial charge < -0.3 is 11.1 Å². The lowest BCUT2D eigenvalue weighted by atomic mass is 10.1. The second kappa shape index (κ2) is 9.42. The van der Waals surface area contributed by atoms with Crippen LogP contribution in [0.15, 0.2) is 24.3 Å². The Morgan fingerprint density at radius 2 is 1.58 bits per heavy atom. The molecule has 3 N–H and O–H groups in total. The van der Waals surface area contributed by atoms with E-state index in [1.165, 1.54) is 38.5 Å². The van der Waals surface area contributed by atoms with Gasteiger partial charge in [-0.25, -0.2) is 0 Å². The van der Waals surface area contributed by atoms with E-state index in [9.17, 15) is 4.79 Å². The van der Waals surface area contributed by atoms with Crippen LogP contribution in [0.4, 0.5) is 5.69 Å². The first-order chi connectivity index (χ1) is 9.24. The standard InChI is InChI=1S/C16H26N2O/c1-2-3-4-5-6-7-8-13-18-16(19)14-9-11-15(17)12-10-14/h9-12H,2-8,13,17H2,1H3,(H,18,19). The molecule has 0 saturated carbocycles. The van der Waals surface area contributed by atoms with E-state index < -0.39 is 0 Å². The summed E-state index contributed by atoms with van der Waals surface area (Å²) in [5.74, 6) is -0.00835. The van der Waals surface area contributed by atoms with Crippen molar-refractivity contribution in [2.75, 3.05) is 12.3 Å². The van der Waals surface area contributed by atoms with Crippen molar-refractivity contribution in [3.05, 3.63) is 29.8 Å². The molecule has 3 heteroatoms. The van der Waals surface area contributed by atoms with Gasteiger partial charge in [-0.05, 0) is 30.7 Å². The molecular weight excluding hydrogens is 236 g/mol. The number of anilines is 1. The Balaban J connectivity index is 2.06. The van der Waals surface area contributed by atoms with Crippen molar-refractivity contribution < 1.29 is 4.79 Å². The SMILES string of the molecule is CCCCCCCCCNC(=O)c1ccc(N)cc1.